The maximum absolute atomic E-state index is 12.9. The van der Waals surface area contributed by atoms with Gasteiger partial charge in [0.1, 0.15) is 13.2 Å². The number of esters is 3. The molecule has 0 aliphatic rings. The third-order valence-corrected chi connectivity index (χ3v) is 14.8. The van der Waals surface area contributed by atoms with Crippen LogP contribution >= 0.6 is 0 Å². The molecule has 0 aromatic heterocycles. The van der Waals surface area contributed by atoms with E-state index in [0.717, 1.165) is 96.3 Å². The number of hydrogen-bond donors (Lipinski definition) is 0. The molecule has 0 fully saturated rings. The summed E-state index contributed by atoms with van der Waals surface area (Å²) in [6.07, 6.45) is 79.8. The number of allylic oxidation sites excluding steroid dienone is 8. The van der Waals surface area contributed by atoms with Crippen molar-refractivity contribution in [2.45, 2.75) is 361 Å². The van der Waals surface area contributed by atoms with Crippen molar-refractivity contribution in [2.24, 2.45) is 0 Å². The van der Waals surface area contributed by atoms with E-state index in [1.54, 1.807) is 0 Å². The van der Waals surface area contributed by atoms with E-state index in [2.05, 4.69) is 69.4 Å². The summed E-state index contributed by atoms with van der Waals surface area (Å²) in [5.41, 5.74) is 0. The summed E-state index contributed by atoms with van der Waals surface area (Å²) in [6.45, 7) is 6.58. The van der Waals surface area contributed by atoms with E-state index in [0.29, 0.717) is 19.3 Å². The molecular weight excluding hydrogens is 925 g/mol. The first-order chi connectivity index (χ1) is 37.0. The highest BCUT2D eigenvalue weighted by molar-refractivity contribution is 5.71. The van der Waals surface area contributed by atoms with E-state index in [-0.39, 0.29) is 31.1 Å². The van der Waals surface area contributed by atoms with Gasteiger partial charge in [0, 0.05) is 19.3 Å². The fourth-order valence-corrected chi connectivity index (χ4v) is 9.91. The maximum atomic E-state index is 12.9. The Hall–Kier alpha value is -2.63. The minimum atomic E-state index is -0.779. The number of ether oxygens (including phenoxy) is 3. The van der Waals surface area contributed by atoms with Gasteiger partial charge in [-0.1, -0.05) is 326 Å². The van der Waals surface area contributed by atoms with Crippen molar-refractivity contribution in [3.8, 4) is 0 Å². The van der Waals surface area contributed by atoms with Gasteiger partial charge in [-0.3, -0.25) is 14.4 Å². The molecule has 0 aliphatic heterocycles. The molecule has 1 atom stereocenters. The lowest BCUT2D eigenvalue weighted by Crippen LogP contribution is -2.30. The molecule has 0 aromatic carbocycles. The Labute approximate surface area is 467 Å². The second-order valence-electron chi connectivity index (χ2n) is 22.4. The quantitative estimate of drug-likeness (QED) is 0.0261. The fourth-order valence-electron chi connectivity index (χ4n) is 9.91. The maximum Gasteiger partial charge on any atom is 0.306 e. The second-order valence-corrected chi connectivity index (χ2v) is 22.4. The van der Waals surface area contributed by atoms with Crippen LogP contribution in [0.2, 0.25) is 0 Å². The first-order valence-corrected chi connectivity index (χ1v) is 33.1. The van der Waals surface area contributed by atoms with Crippen molar-refractivity contribution in [1.82, 2.24) is 0 Å². The van der Waals surface area contributed by atoms with E-state index >= 15 is 0 Å². The Morgan fingerprint density at radius 2 is 0.520 bits per heavy atom. The Morgan fingerprint density at radius 3 is 0.813 bits per heavy atom. The molecular formula is C69H126O6. The smallest absolute Gasteiger partial charge is 0.306 e. The highest BCUT2D eigenvalue weighted by Gasteiger charge is 2.19. The summed E-state index contributed by atoms with van der Waals surface area (Å²) in [7, 11) is 0. The molecule has 0 saturated carbocycles. The Bertz CT molecular complexity index is 1300. The first kappa shape index (κ1) is 72.4. The molecule has 0 aliphatic carbocycles. The largest absolute Gasteiger partial charge is 0.462 e. The number of carbonyl (C=O) groups excluding carboxylic acids is 3. The SMILES string of the molecule is CC/C=C\C/C=C\C/C=C\C/C=C\CCCCCCCCC(=O)OC(COC(=O)CCCCCCCCCCCCCCCCC)COC(=O)CCCCCCCCCCCCCCCCCCCCCCCCC. The zero-order chi connectivity index (χ0) is 54.3. The molecule has 438 valence electrons. The average molecular weight is 1050 g/mol. The molecule has 0 heterocycles. The highest BCUT2D eigenvalue weighted by Crippen LogP contribution is 2.18. The highest BCUT2D eigenvalue weighted by atomic mass is 16.6. The molecule has 0 radical (unpaired) electrons. The van der Waals surface area contributed by atoms with Gasteiger partial charge in [0.05, 0.1) is 0 Å². The van der Waals surface area contributed by atoms with Crippen molar-refractivity contribution in [3.63, 3.8) is 0 Å². The monoisotopic (exact) mass is 1050 g/mol. The number of carbonyl (C=O) groups is 3. The van der Waals surface area contributed by atoms with Crippen LogP contribution in [-0.2, 0) is 28.6 Å². The van der Waals surface area contributed by atoms with E-state index in [4.69, 9.17) is 14.2 Å². The number of hydrogen-bond acceptors (Lipinski definition) is 6. The van der Waals surface area contributed by atoms with Gasteiger partial charge in [0.25, 0.3) is 0 Å². The van der Waals surface area contributed by atoms with Crippen LogP contribution in [0.3, 0.4) is 0 Å². The van der Waals surface area contributed by atoms with Crippen molar-refractivity contribution in [3.05, 3.63) is 48.6 Å². The summed E-state index contributed by atoms with van der Waals surface area (Å²) >= 11 is 0. The summed E-state index contributed by atoms with van der Waals surface area (Å²) in [6, 6.07) is 0. The lowest BCUT2D eigenvalue weighted by atomic mass is 10.0. The average Bonchev–Trinajstić information content (AvgIpc) is 3.41. The van der Waals surface area contributed by atoms with Gasteiger partial charge in [0.15, 0.2) is 6.10 Å². The molecule has 0 spiro atoms. The minimum Gasteiger partial charge on any atom is -0.462 e. The van der Waals surface area contributed by atoms with Gasteiger partial charge < -0.3 is 14.2 Å². The molecule has 75 heavy (non-hydrogen) atoms. The van der Waals surface area contributed by atoms with Gasteiger partial charge in [-0.05, 0) is 57.8 Å². The summed E-state index contributed by atoms with van der Waals surface area (Å²) < 4.78 is 17.0. The Kier molecular flexibility index (Phi) is 61.7. The standard InChI is InChI=1S/C69H126O6/c1-4-7-10-13-16-19-22-25-28-30-32-33-34-35-37-38-41-44-47-50-53-56-59-62-68(71)74-65-66(64-73-67(70)61-58-55-52-49-46-43-40-27-24-21-18-15-12-9-6-3)75-69(72)63-60-57-54-51-48-45-42-39-36-31-29-26-23-20-17-14-11-8-5-2/h8,11,17,20,26,29,36,39,66H,4-7,9-10,12-16,18-19,21-25,27-28,30-35,37-38,40-65H2,1-3H3/b11-8-,20-17-,29-26-,39-36-. The molecule has 0 amide bonds. The Balaban J connectivity index is 4.31. The van der Waals surface area contributed by atoms with Crippen molar-refractivity contribution in [1.29, 1.82) is 0 Å². The third-order valence-electron chi connectivity index (χ3n) is 14.8. The summed E-state index contributed by atoms with van der Waals surface area (Å²) in [5.74, 6) is -0.863. The number of rotatable bonds is 61. The van der Waals surface area contributed by atoms with E-state index in [1.165, 1.54) is 218 Å². The van der Waals surface area contributed by atoms with Crippen molar-refractivity contribution in [2.75, 3.05) is 13.2 Å². The Morgan fingerprint density at radius 1 is 0.280 bits per heavy atom. The van der Waals surface area contributed by atoms with Crippen LogP contribution in [0.15, 0.2) is 48.6 Å². The zero-order valence-electron chi connectivity index (χ0n) is 50.3. The van der Waals surface area contributed by atoms with E-state index in [1.807, 2.05) is 0 Å². The fraction of sp³-hybridized carbons (Fsp3) is 0.841. The van der Waals surface area contributed by atoms with E-state index < -0.39 is 6.10 Å². The minimum absolute atomic E-state index is 0.0740. The zero-order valence-corrected chi connectivity index (χ0v) is 50.3. The summed E-state index contributed by atoms with van der Waals surface area (Å²) in [5, 5.41) is 0. The molecule has 0 rings (SSSR count). The second kappa shape index (κ2) is 63.9. The lowest BCUT2D eigenvalue weighted by Gasteiger charge is -2.18. The van der Waals surface area contributed by atoms with Gasteiger partial charge in [-0.25, -0.2) is 0 Å². The first-order valence-electron chi connectivity index (χ1n) is 33.1. The van der Waals surface area contributed by atoms with Crippen LogP contribution in [0.5, 0.6) is 0 Å². The van der Waals surface area contributed by atoms with Crippen LogP contribution in [0.1, 0.15) is 355 Å². The van der Waals surface area contributed by atoms with Crippen LogP contribution in [0.25, 0.3) is 0 Å². The van der Waals surface area contributed by atoms with Gasteiger partial charge in [0.2, 0.25) is 0 Å². The van der Waals surface area contributed by atoms with E-state index in [9.17, 15) is 14.4 Å². The predicted octanol–water partition coefficient (Wildman–Crippen LogP) is 22.6. The van der Waals surface area contributed by atoms with Gasteiger partial charge in [-0.15, -0.1) is 0 Å². The van der Waals surface area contributed by atoms with Crippen LogP contribution in [0.4, 0.5) is 0 Å². The van der Waals surface area contributed by atoms with Crippen molar-refractivity contribution >= 4 is 17.9 Å². The topological polar surface area (TPSA) is 78.9 Å². The predicted molar refractivity (Wildman–Crippen MR) is 325 cm³/mol. The molecule has 0 saturated heterocycles. The van der Waals surface area contributed by atoms with Crippen molar-refractivity contribution < 1.29 is 28.6 Å². The number of unbranched alkanes of at least 4 members (excludes halogenated alkanes) is 42. The lowest BCUT2D eigenvalue weighted by molar-refractivity contribution is -0.167. The molecule has 6 heteroatoms. The third kappa shape index (κ3) is 62.1. The van der Waals surface area contributed by atoms with Gasteiger partial charge in [-0.2, -0.15) is 0 Å². The normalized spacial score (nSPS) is 12.3. The molecule has 6 nitrogen and oxygen atoms in total. The molecule has 0 N–H and O–H groups in total. The van der Waals surface area contributed by atoms with Crippen LogP contribution in [-0.4, -0.2) is 37.2 Å². The molecule has 0 bridgehead atoms. The molecule has 0 aromatic rings. The summed E-state index contributed by atoms with van der Waals surface area (Å²) in [4.78, 5) is 38.4. The van der Waals surface area contributed by atoms with Gasteiger partial charge >= 0.3 is 17.9 Å². The van der Waals surface area contributed by atoms with Crippen LogP contribution in [0, 0.1) is 0 Å². The van der Waals surface area contributed by atoms with Crippen LogP contribution < -0.4 is 0 Å². The molecule has 1 unspecified atom stereocenters.